The van der Waals surface area contributed by atoms with Crippen molar-refractivity contribution in [3.05, 3.63) is 75.6 Å². The van der Waals surface area contributed by atoms with Crippen LogP contribution in [-0.2, 0) is 17.8 Å². The van der Waals surface area contributed by atoms with Gasteiger partial charge in [-0.3, -0.25) is 4.79 Å². The summed E-state index contributed by atoms with van der Waals surface area (Å²) in [6, 6.07) is 13.2. The molecule has 0 radical (unpaired) electrons. The molecule has 1 N–H and O–H groups in total. The minimum atomic E-state index is -0.915. The number of fused-ring (bicyclic) bond motifs is 1. The number of aliphatic carboxylic acids is 1. The van der Waals surface area contributed by atoms with Crippen LogP contribution in [0.5, 0.6) is 11.6 Å². The highest BCUT2D eigenvalue weighted by atomic mass is 35.5. The third-order valence-corrected chi connectivity index (χ3v) is 8.56. The Balaban J connectivity index is 1.47. The molecule has 2 unspecified atom stereocenters. The van der Waals surface area contributed by atoms with Gasteiger partial charge in [0.05, 0.1) is 24.2 Å². The number of carboxylic acids is 1. The Morgan fingerprint density at radius 1 is 1.18 bits per heavy atom. The number of ether oxygens (including phenoxy) is 2. The zero-order valence-corrected chi connectivity index (χ0v) is 22.8. The fraction of sp³-hybridized carbons (Fsp3) is 0.419. The van der Waals surface area contributed by atoms with Crippen LogP contribution in [-0.4, -0.2) is 23.2 Å². The van der Waals surface area contributed by atoms with Gasteiger partial charge in [0.1, 0.15) is 6.61 Å². The third kappa shape index (κ3) is 5.11. The Morgan fingerprint density at radius 3 is 2.71 bits per heavy atom. The summed E-state index contributed by atoms with van der Waals surface area (Å²) in [5, 5.41) is 9.80. The van der Waals surface area contributed by atoms with Crippen LogP contribution in [0.25, 0.3) is 11.3 Å². The molecule has 0 spiro atoms. The SMILES string of the molecule is COc1ccc(Cl)c(-c2ccc(COc3ccc4c(c3F)C(CC(=O)O)CC4)cc2C2CCCC2(C)C)n1. The smallest absolute Gasteiger partial charge is 0.303 e. The fourth-order valence-corrected chi connectivity index (χ4v) is 6.48. The second-order valence-corrected chi connectivity index (χ2v) is 11.5. The molecule has 200 valence electrons. The van der Waals surface area contributed by atoms with E-state index >= 15 is 4.39 Å². The number of halogens is 2. The van der Waals surface area contributed by atoms with E-state index in [1.54, 1.807) is 25.3 Å². The number of methoxy groups -OCH3 is 1. The van der Waals surface area contributed by atoms with Gasteiger partial charge in [-0.15, -0.1) is 0 Å². The highest BCUT2D eigenvalue weighted by Gasteiger charge is 2.37. The molecule has 1 fully saturated rings. The minimum Gasteiger partial charge on any atom is -0.486 e. The maximum absolute atomic E-state index is 15.5. The number of hydrogen-bond acceptors (Lipinski definition) is 4. The van der Waals surface area contributed by atoms with E-state index < -0.39 is 11.8 Å². The number of pyridine rings is 1. The van der Waals surface area contributed by atoms with Gasteiger partial charge in [0.15, 0.2) is 11.6 Å². The van der Waals surface area contributed by atoms with Crippen LogP contribution in [0.3, 0.4) is 0 Å². The average Bonchev–Trinajstić information content (AvgIpc) is 3.46. The van der Waals surface area contributed by atoms with Crippen LogP contribution in [0, 0.1) is 11.2 Å². The van der Waals surface area contributed by atoms with Crippen LogP contribution in [0.4, 0.5) is 4.39 Å². The molecule has 38 heavy (non-hydrogen) atoms. The molecule has 1 aromatic heterocycles. The topological polar surface area (TPSA) is 68.7 Å². The van der Waals surface area contributed by atoms with Crippen molar-refractivity contribution < 1.29 is 23.8 Å². The molecule has 1 saturated carbocycles. The molecule has 0 saturated heterocycles. The molecule has 2 aliphatic rings. The Morgan fingerprint density at radius 2 is 2.00 bits per heavy atom. The number of aromatic nitrogens is 1. The second kappa shape index (κ2) is 10.6. The van der Waals surface area contributed by atoms with Crippen molar-refractivity contribution in [1.29, 1.82) is 0 Å². The van der Waals surface area contributed by atoms with E-state index in [2.05, 4.69) is 24.9 Å². The maximum atomic E-state index is 15.5. The minimum absolute atomic E-state index is 0.0732. The normalized spacial score (nSPS) is 19.8. The standard InChI is InChI=1S/C31H33ClFNO4/c1-31(2)14-4-5-23(31)22-15-18(6-10-21(22)30-24(32)11-13-26(34-30)37-3)17-38-25-12-9-19-7-8-20(16-27(35)36)28(19)29(25)33/h6,9-13,15,20,23H,4-5,7-8,14,16-17H2,1-3H3,(H,35,36). The van der Waals surface area contributed by atoms with Crippen LogP contribution >= 0.6 is 11.6 Å². The van der Waals surface area contributed by atoms with Crippen molar-refractivity contribution in [2.75, 3.05) is 7.11 Å². The summed E-state index contributed by atoms with van der Waals surface area (Å²) in [5.41, 5.74) is 5.22. The molecule has 0 bridgehead atoms. The highest BCUT2D eigenvalue weighted by Crippen LogP contribution is 2.51. The first-order valence-electron chi connectivity index (χ1n) is 13.2. The van der Waals surface area contributed by atoms with Gasteiger partial charge in [-0.1, -0.05) is 56.1 Å². The van der Waals surface area contributed by atoms with Crippen molar-refractivity contribution in [2.24, 2.45) is 5.41 Å². The van der Waals surface area contributed by atoms with Crippen LogP contribution in [0.15, 0.2) is 42.5 Å². The van der Waals surface area contributed by atoms with Gasteiger partial charge in [-0.2, -0.15) is 0 Å². The van der Waals surface area contributed by atoms with Gasteiger partial charge in [0.25, 0.3) is 0 Å². The van der Waals surface area contributed by atoms with Crippen LogP contribution < -0.4 is 9.47 Å². The van der Waals surface area contributed by atoms with Gasteiger partial charge < -0.3 is 14.6 Å². The Hall–Kier alpha value is -3.12. The number of rotatable bonds is 8. The lowest BCUT2D eigenvalue weighted by molar-refractivity contribution is -0.137. The molecule has 2 aliphatic carbocycles. The molecule has 3 aromatic rings. The summed E-state index contributed by atoms with van der Waals surface area (Å²) in [7, 11) is 1.59. The zero-order chi connectivity index (χ0) is 27.0. The molecule has 7 heteroatoms. The van der Waals surface area contributed by atoms with Crippen molar-refractivity contribution in [3.63, 3.8) is 0 Å². The van der Waals surface area contributed by atoms with Gasteiger partial charge >= 0.3 is 5.97 Å². The number of carboxylic acid groups (broad SMARTS) is 1. The van der Waals surface area contributed by atoms with E-state index in [1.165, 1.54) is 0 Å². The molecule has 2 atom stereocenters. The lowest BCUT2D eigenvalue weighted by Gasteiger charge is -2.29. The second-order valence-electron chi connectivity index (χ2n) is 11.1. The summed E-state index contributed by atoms with van der Waals surface area (Å²) in [6.07, 6.45) is 4.61. The number of nitrogens with zero attached hydrogens (tertiary/aromatic N) is 1. The average molecular weight is 538 g/mol. The summed E-state index contributed by atoms with van der Waals surface area (Å²) >= 11 is 6.60. The van der Waals surface area contributed by atoms with Crippen LogP contribution in [0.1, 0.15) is 80.0 Å². The monoisotopic (exact) mass is 537 g/mol. The molecule has 5 rings (SSSR count). The molecule has 0 amide bonds. The molecular formula is C31H33ClFNO4. The summed E-state index contributed by atoms with van der Waals surface area (Å²) in [6.45, 7) is 4.79. The summed E-state index contributed by atoms with van der Waals surface area (Å²) in [5.74, 6) is -0.696. The summed E-state index contributed by atoms with van der Waals surface area (Å²) in [4.78, 5) is 15.9. The first-order chi connectivity index (χ1) is 18.2. The van der Waals surface area contributed by atoms with Gasteiger partial charge in [-0.25, -0.2) is 9.37 Å². The lowest BCUT2D eigenvalue weighted by atomic mass is 9.75. The van der Waals surface area contributed by atoms with E-state index in [0.29, 0.717) is 40.9 Å². The molecule has 0 aliphatic heterocycles. The predicted molar refractivity (Wildman–Crippen MR) is 146 cm³/mol. The predicted octanol–water partition coefficient (Wildman–Crippen LogP) is 7.93. The Labute approximate surface area is 228 Å². The van der Waals surface area contributed by atoms with E-state index in [4.69, 9.17) is 21.1 Å². The third-order valence-electron chi connectivity index (χ3n) is 8.25. The first kappa shape index (κ1) is 26.5. The number of hydrogen-bond donors (Lipinski definition) is 1. The number of aryl methyl sites for hydroxylation is 1. The molecule has 5 nitrogen and oxygen atoms in total. The fourth-order valence-electron chi connectivity index (χ4n) is 6.27. The highest BCUT2D eigenvalue weighted by molar-refractivity contribution is 6.33. The Kier molecular flexibility index (Phi) is 7.36. The van der Waals surface area contributed by atoms with E-state index in [1.807, 2.05) is 18.2 Å². The van der Waals surface area contributed by atoms with Crippen LogP contribution in [0.2, 0.25) is 5.02 Å². The Bertz CT molecular complexity index is 1370. The maximum Gasteiger partial charge on any atom is 0.303 e. The first-order valence-corrected chi connectivity index (χ1v) is 13.6. The molecule has 2 aromatic carbocycles. The summed E-state index contributed by atoms with van der Waals surface area (Å²) < 4.78 is 26.8. The van der Waals surface area contributed by atoms with Gasteiger partial charge in [-0.05, 0) is 77.3 Å². The number of benzene rings is 2. The zero-order valence-electron chi connectivity index (χ0n) is 22.0. The van der Waals surface area contributed by atoms with E-state index in [0.717, 1.165) is 41.5 Å². The van der Waals surface area contributed by atoms with Crippen molar-refractivity contribution >= 4 is 17.6 Å². The molecule has 1 heterocycles. The quantitative estimate of drug-likeness (QED) is 0.316. The van der Waals surface area contributed by atoms with Crippen molar-refractivity contribution in [3.8, 4) is 22.9 Å². The van der Waals surface area contributed by atoms with E-state index in [9.17, 15) is 9.90 Å². The van der Waals surface area contributed by atoms with Gasteiger partial charge in [0.2, 0.25) is 5.88 Å². The largest absolute Gasteiger partial charge is 0.486 e. The lowest BCUT2D eigenvalue weighted by Crippen LogP contribution is -2.17. The molecular weight excluding hydrogens is 505 g/mol. The van der Waals surface area contributed by atoms with Crippen molar-refractivity contribution in [2.45, 2.75) is 70.8 Å². The van der Waals surface area contributed by atoms with Gasteiger partial charge in [0, 0.05) is 11.6 Å². The van der Waals surface area contributed by atoms with E-state index in [-0.39, 0.29) is 30.1 Å². The number of carbonyl (C=O) groups is 1. The van der Waals surface area contributed by atoms with Crippen molar-refractivity contribution in [1.82, 2.24) is 4.98 Å².